The van der Waals surface area contributed by atoms with Gasteiger partial charge in [-0.25, -0.2) is 8.42 Å². The summed E-state index contributed by atoms with van der Waals surface area (Å²) < 4.78 is 27.0. The van der Waals surface area contributed by atoms with Gasteiger partial charge in [0.05, 0.1) is 23.7 Å². The summed E-state index contributed by atoms with van der Waals surface area (Å²) in [5.41, 5.74) is 3.26. The fourth-order valence-electron chi connectivity index (χ4n) is 2.53. The number of benzene rings is 2. The maximum absolute atomic E-state index is 12.9. The number of aliphatic hydroxyl groups excluding tert-OH is 1. The largest absolute Gasteiger partial charge is 0.390 e. The number of rotatable bonds is 3. The first-order chi connectivity index (χ1) is 10.5. The van der Waals surface area contributed by atoms with E-state index in [1.54, 1.807) is 30.3 Å². The molecule has 2 aromatic carbocycles. The normalized spacial score (nSPS) is 14.5. The van der Waals surface area contributed by atoms with Crippen LogP contribution in [0, 0.1) is 6.92 Å². The molecule has 1 heterocycles. The molecule has 0 amide bonds. The first-order valence-corrected chi connectivity index (χ1v) is 8.45. The maximum Gasteiger partial charge on any atom is 0.264 e. The van der Waals surface area contributed by atoms with Gasteiger partial charge in [-0.3, -0.25) is 4.31 Å². The van der Waals surface area contributed by atoms with E-state index in [-0.39, 0.29) is 18.0 Å². The van der Waals surface area contributed by atoms with Gasteiger partial charge in [-0.05, 0) is 36.3 Å². The third-order valence-corrected chi connectivity index (χ3v) is 5.59. The number of aliphatic hydroxyl groups is 1. The van der Waals surface area contributed by atoms with Crippen LogP contribution >= 0.6 is 0 Å². The van der Waals surface area contributed by atoms with Crippen molar-refractivity contribution in [1.29, 1.82) is 0 Å². The molecule has 1 aliphatic heterocycles. The molecule has 0 unspecified atom stereocenters. The van der Waals surface area contributed by atoms with Crippen LogP contribution in [0.2, 0.25) is 0 Å². The predicted octanol–water partition coefficient (Wildman–Crippen LogP) is 2.53. The van der Waals surface area contributed by atoms with E-state index in [1.807, 2.05) is 31.2 Å². The van der Waals surface area contributed by atoms with Crippen LogP contribution in [-0.4, -0.2) is 24.4 Å². The van der Waals surface area contributed by atoms with Crippen molar-refractivity contribution in [3.8, 4) is 0 Å². The Kier molecular flexibility index (Phi) is 3.76. The van der Waals surface area contributed by atoms with E-state index in [2.05, 4.69) is 0 Å². The summed E-state index contributed by atoms with van der Waals surface area (Å²) >= 11 is 0. The molecule has 1 aliphatic rings. The zero-order valence-electron chi connectivity index (χ0n) is 12.2. The van der Waals surface area contributed by atoms with Gasteiger partial charge < -0.3 is 5.11 Å². The molecule has 3 rings (SSSR count). The van der Waals surface area contributed by atoms with Crippen LogP contribution in [0.25, 0.3) is 6.08 Å². The van der Waals surface area contributed by atoms with E-state index in [9.17, 15) is 13.5 Å². The SMILES string of the molecule is Cc1ccc(S(=O)(=O)N2Cc3ccccc3C=C2CO)cc1. The van der Waals surface area contributed by atoms with Crippen LogP contribution in [-0.2, 0) is 16.6 Å². The number of aryl methyl sites for hydroxylation is 1. The summed E-state index contributed by atoms with van der Waals surface area (Å²) in [7, 11) is -3.68. The van der Waals surface area contributed by atoms with Crippen LogP contribution in [0.15, 0.2) is 59.1 Å². The molecule has 0 spiro atoms. The monoisotopic (exact) mass is 315 g/mol. The van der Waals surface area contributed by atoms with Crippen molar-refractivity contribution >= 4 is 16.1 Å². The number of sulfonamides is 1. The standard InChI is InChI=1S/C17H17NO3S/c1-13-6-8-17(9-7-13)22(20,21)18-11-15-5-3-2-4-14(15)10-16(18)12-19/h2-10,19H,11-12H2,1H3. The van der Waals surface area contributed by atoms with Crippen LogP contribution < -0.4 is 0 Å². The lowest BCUT2D eigenvalue weighted by atomic mass is 10.0. The molecule has 0 aromatic heterocycles. The van der Waals surface area contributed by atoms with Crippen LogP contribution in [0.4, 0.5) is 0 Å². The van der Waals surface area contributed by atoms with Crippen LogP contribution in [0.1, 0.15) is 16.7 Å². The summed E-state index contributed by atoms with van der Waals surface area (Å²) in [4.78, 5) is 0.233. The highest BCUT2D eigenvalue weighted by molar-refractivity contribution is 7.89. The lowest BCUT2D eigenvalue weighted by molar-refractivity contribution is 0.295. The molecule has 0 atom stereocenters. The van der Waals surface area contributed by atoms with Gasteiger partial charge in [0.25, 0.3) is 10.0 Å². The Labute approximate surface area is 130 Å². The second kappa shape index (κ2) is 5.59. The van der Waals surface area contributed by atoms with Crippen molar-refractivity contribution in [3.63, 3.8) is 0 Å². The molecule has 1 N–H and O–H groups in total. The van der Waals surface area contributed by atoms with Crippen LogP contribution in [0.3, 0.4) is 0 Å². The van der Waals surface area contributed by atoms with Crippen molar-refractivity contribution in [2.24, 2.45) is 0 Å². The summed E-state index contributed by atoms with van der Waals surface area (Å²) in [6.07, 6.45) is 1.73. The second-order valence-electron chi connectivity index (χ2n) is 5.32. The van der Waals surface area contributed by atoms with Gasteiger partial charge in [-0.2, -0.15) is 0 Å². The molecular weight excluding hydrogens is 298 g/mol. The van der Waals surface area contributed by atoms with Gasteiger partial charge in [0.2, 0.25) is 0 Å². The average Bonchev–Trinajstić information content (AvgIpc) is 2.54. The van der Waals surface area contributed by atoms with Gasteiger partial charge in [-0.15, -0.1) is 0 Å². The third kappa shape index (κ3) is 2.53. The fraction of sp³-hybridized carbons (Fsp3) is 0.176. The highest BCUT2D eigenvalue weighted by atomic mass is 32.2. The second-order valence-corrected chi connectivity index (χ2v) is 7.18. The first kappa shape index (κ1) is 14.8. The molecule has 4 nitrogen and oxygen atoms in total. The molecule has 0 fully saturated rings. The number of hydrogen-bond donors (Lipinski definition) is 1. The molecule has 0 aliphatic carbocycles. The molecule has 0 saturated heterocycles. The molecule has 0 bridgehead atoms. The summed E-state index contributed by atoms with van der Waals surface area (Å²) in [6.45, 7) is 1.82. The first-order valence-electron chi connectivity index (χ1n) is 7.01. The van der Waals surface area contributed by atoms with E-state index in [4.69, 9.17) is 0 Å². The molecule has 2 aromatic rings. The van der Waals surface area contributed by atoms with Crippen molar-refractivity contribution in [1.82, 2.24) is 4.31 Å². The van der Waals surface area contributed by atoms with E-state index in [0.29, 0.717) is 5.70 Å². The van der Waals surface area contributed by atoms with Gasteiger partial charge in [0, 0.05) is 0 Å². The zero-order valence-corrected chi connectivity index (χ0v) is 13.0. The Morgan fingerprint density at radius 2 is 1.77 bits per heavy atom. The average molecular weight is 315 g/mol. The minimum absolute atomic E-state index is 0.233. The Hall–Kier alpha value is -2.11. The molecule has 5 heteroatoms. The van der Waals surface area contributed by atoms with Gasteiger partial charge in [-0.1, -0.05) is 42.0 Å². The molecule has 0 saturated carbocycles. The molecular formula is C17H17NO3S. The molecule has 114 valence electrons. The highest BCUT2D eigenvalue weighted by Gasteiger charge is 2.29. The van der Waals surface area contributed by atoms with Crippen LogP contribution in [0.5, 0.6) is 0 Å². The Bertz CT molecular complexity index is 823. The number of nitrogens with zero attached hydrogens (tertiary/aromatic N) is 1. The van der Waals surface area contributed by atoms with Crippen molar-refractivity contribution in [2.75, 3.05) is 6.61 Å². The van der Waals surface area contributed by atoms with E-state index in [0.717, 1.165) is 16.7 Å². The Morgan fingerprint density at radius 3 is 2.45 bits per heavy atom. The minimum Gasteiger partial charge on any atom is -0.390 e. The van der Waals surface area contributed by atoms with E-state index >= 15 is 0 Å². The predicted molar refractivity (Wildman–Crippen MR) is 85.4 cm³/mol. The van der Waals surface area contributed by atoms with E-state index < -0.39 is 10.0 Å². The Morgan fingerprint density at radius 1 is 1.09 bits per heavy atom. The van der Waals surface area contributed by atoms with Gasteiger partial charge >= 0.3 is 0 Å². The maximum atomic E-state index is 12.9. The van der Waals surface area contributed by atoms with Crippen molar-refractivity contribution in [2.45, 2.75) is 18.4 Å². The smallest absolute Gasteiger partial charge is 0.264 e. The van der Waals surface area contributed by atoms with Crippen molar-refractivity contribution < 1.29 is 13.5 Å². The topological polar surface area (TPSA) is 57.6 Å². The highest BCUT2D eigenvalue weighted by Crippen LogP contribution is 2.29. The molecule has 22 heavy (non-hydrogen) atoms. The lowest BCUT2D eigenvalue weighted by Crippen LogP contribution is -2.33. The summed E-state index contributed by atoms with van der Waals surface area (Å²) in [5, 5.41) is 9.57. The van der Waals surface area contributed by atoms with Gasteiger partial charge in [0.1, 0.15) is 0 Å². The van der Waals surface area contributed by atoms with E-state index in [1.165, 1.54) is 4.31 Å². The number of hydrogen-bond acceptors (Lipinski definition) is 3. The number of fused-ring (bicyclic) bond motifs is 1. The lowest BCUT2D eigenvalue weighted by Gasteiger charge is -2.30. The molecule has 0 radical (unpaired) electrons. The van der Waals surface area contributed by atoms with Gasteiger partial charge in [0.15, 0.2) is 0 Å². The minimum atomic E-state index is -3.68. The van der Waals surface area contributed by atoms with Crippen molar-refractivity contribution in [3.05, 3.63) is 70.9 Å². The fourth-order valence-corrected chi connectivity index (χ4v) is 3.99. The summed E-state index contributed by atoms with van der Waals surface area (Å²) in [5.74, 6) is 0. The quantitative estimate of drug-likeness (QED) is 0.947. The summed E-state index contributed by atoms with van der Waals surface area (Å²) in [6, 6.07) is 14.3. The Balaban J connectivity index is 2.06. The zero-order chi connectivity index (χ0) is 15.7. The third-order valence-electron chi connectivity index (χ3n) is 3.78.